The summed E-state index contributed by atoms with van der Waals surface area (Å²) >= 11 is 7.52. The highest BCUT2D eigenvalue weighted by Gasteiger charge is 2.11. The third kappa shape index (κ3) is 2.03. The van der Waals surface area contributed by atoms with Crippen LogP contribution in [0.5, 0.6) is 0 Å². The first-order chi connectivity index (χ1) is 10.2. The summed E-state index contributed by atoms with van der Waals surface area (Å²) < 4.78 is 16.2. The van der Waals surface area contributed by atoms with E-state index in [4.69, 9.17) is 11.6 Å². The summed E-state index contributed by atoms with van der Waals surface area (Å²) in [4.78, 5) is 0. The van der Waals surface area contributed by atoms with Crippen LogP contribution in [-0.4, -0.2) is 0 Å². The molecular formula is C18H10ClFS. The monoisotopic (exact) mass is 312 g/mol. The molecule has 102 valence electrons. The first-order valence-corrected chi connectivity index (χ1v) is 7.79. The van der Waals surface area contributed by atoms with Crippen LogP contribution >= 0.6 is 22.9 Å². The van der Waals surface area contributed by atoms with Gasteiger partial charge in [0.2, 0.25) is 0 Å². The molecule has 3 heteroatoms. The molecule has 0 amide bonds. The van der Waals surface area contributed by atoms with Crippen LogP contribution in [0.1, 0.15) is 0 Å². The normalized spacial score (nSPS) is 11.3. The Balaban J connectivity index is 2.06. The second kappa shape index (κ2) is 4.83. The number of thiophene rings is 1. The maximum absolute atomic E-state index is 13.7. The molecule has 0 radical (unpaired) electrons. The van der Waals surface area contributed by atoms with Crippen molar-refractivity contribution in [2.75, 3.05) is 0 Å². The van der Waals surface area contributed by atoms with Crippen LogP contribution < -0.4 is 0 Å². The van der Waals surface area contributed by atoms with Crippen molar-refractivity contribution in [3.05, 3.63) is 71.5 Å². The van der Waals surface area contributed by atoms with E-state index >= 15 is 0 Å². The van der Waals surface area contributed by atoms with Gasteiger partial charge in [-0.1, -0.05) is 54.1 Å². The van der Waals surface area contributed by atoms with Crippen LogP contribution in [0.4, 0.5) is 4.39 Å². The molecule has 0 spiro atoms. The fourth-order valence-corrected chi connectivity index (χ4v) is 3.99. The summed E-state index contributed by atoms with van der Waals surface area (Å²) in [6, 6.07) is 19.5. The molecule has 3 aromatic carbocycles. The summed E-state index contributed by atoms with van der Waals surface area (Å²) in [6.45, 7) is 0. The largest absolute Gasteiger partial charge is 0.205 e. The number of rotatable bonds is 1. The van der Waals surface area contributed by atoms with E-state index in [9.17, 15) is 4.39 Å². The standard InChI is InChI=1S/C18H10ClFS/c19-15-9-8-11(10-16(15)20)12-5-3-6-14-13-4-1-2-7-17(13)21-18(12)14/h1-10H. The molecule has 0 fully saturated rings. The van der Waals surface area contributed by atoms with Crippen LogP contribution in [-0.2, 0) is 0 Å². The van der Waals surface area contributed by atoms with E-state index in [0.717, 1.165) is 11.1 Å². The highest BCUT2D eigenvalue weighted by molar-refractivity contribution is 7.26. The van der Waals surface area contributed by atoms with E-state index in [0.29, 0.717) is 0 Å². The minimum Gasteiger partial charge on any atom is -0.205 e. The van der Waals surface area contributed by atoms with Gasteiger partial charge in [0.25, 0.3) is 0 Å². The first kappa shape index (κ1) is 12.8. The molecule has 0 saturated heterocycles. The fraction of sp³-hybridized carbons (Fsp3) is 0. The zero-order valence-corrected chi connectivity index (χ0v) is 12.5. The Kier molecular flexibility index (Phi) is 2.95. The molecule has 0 N–H and O–H groups in total. The Labute approximate surface area is 130 Å². The van der Waals surface area contributed by atoms with E-state index < -0.39 is 0 Å². The molecule has 0 aliphatic carbocycles. The van der Waals surface area contributed by atoms with Gasteiger partial charge in [0.1, 0.15) is 5.82 Å². The van der Waals surface area contributed by atoms with Crippen molar-refractivity contribution in [2.45, 2.75) is 0 Å². The van der Waals surface area contributed by atoms with Crippen molar-refractivity contribution in [1.82, 2.24) is 0 Å². The number of benzene rings is 3. The zero-order valence-electron chi connectivity index (χ0n) is 10.9. The zero-order chi connectivity index (χ0) is 14.4. The molecular weight excluding hydrogens is 303 g/mol. The molecule has 0 saturated carbocycles. The van der Waals surface area contributed by atoms with E-state index in [-0.39, 0.29) is 10.8 Å². The van der Waals surface area contributed by atoms with Crippen LogP contribution in [0.3, 0.4) is 0 Å². The minimum absolute atomic E-state index is 0.155. The Morgan fingerprint density at radius 3 is 2.52 bits per heavy atom. The average Bonchev–Trinajstić information content (AvgIpc) is 2.89. The number of fused-ring (bicyclic) bond motifs is 3. The lowest BCUT2D eigenvalue weighted by Crippen LogP contribution is -1.82. The van der Waals surface area contributed by atoms with Gasteiger partial charge < -0.3 is 0 Å². The van der Waals surface area contributed by atoms with Crippen LogP contribution in [0, 0.1) is 5.82 Å². The van der Waals surface area contributed by atoms with Gasteiger partial charge in [-0.2, -0.15) is 0 Å². The second-order valence-corrected chi connectivity index (χ2v) is 6.37. The van der Waals surface area contributed by atoms with Gasteiger partial charge in [-0.05, 0) is 29.3 Å². The smallest absolute Gasteiger partial charge is 0.142 e. The molecule has 0 unspecified atom stereocenters. The fourth-order valence-electron chi connectivity index (χ4n) is 2.64. The van der Waals surface area contributed by atoms with Gasteiger partial charge in [0.15, 0.2) is 0 Å². The second-order valence-electron chi connectivity index (χ2n) is 4.91. The summed E-state index contributed by atoms with van der Waals surface area (Å²) in [5.41, 5.74) is 1.90. The Bertz CT molecular complexity index is 971. The Hall–Kier alpha value is -1.90. The summed E-state index contributed by atoms with van der Waals surface area (Å²) in [7, 11) is 0. The Morgan fingerprint density at radius 1 is 0.857 bits per heavy atom. The van der Waals surface area contributed by atoms with Gasteiger partial charge in [-0.15, -0.1) is 11.3 Å². The predicted octanol–water partition coefficient (Wildman–Crippen LogP) is 6.51. The van der Waals surface area contributed by atoms with Crippen molar-refractivity contribution in [1.29, 1.82) is 0 Å². The van der Waals surface area contributed by atoms with Gasteiger partial charge in [-0.25, -0.2) is 4.39 Å². The lowest BCUT2D eigenvalue weighted by molar-refractivity contribution is 0.629. The molecule has 0 aliphatic rings. The molecule has 1 heterocycles. The quantitative estimate of drug-likeness (QED) is 0.375. The highest BCUT2D eigenvalue weighted by atomic mass is 35.5. The molecule has 4 rings (SSSR count). The number of halogens is 2. The van der Waals surface area contributed by atoms with E-state index in [1.807, 2.05) is 30.3 Å². The van der Waals surface area contributed by atoms with Crippen LogP contribution in [0.15, 0.2) is 60.7 Å². The third-order valence-corrected chi connectivity index (χ3v) is 5.16. The number of hydrogen-bond donors (Lipinski definition) is 0. The van der Waals surface area contributed by atoms with E-state index in [2.05, 4.69) is 18.2 Å². The Morgan fingerprint density at radius 2 is 1.67 bits per heavy atom. The molecule has 21 heavy (non-hydrogen) atoms. The average molecular weight is 313 g/mol. The van der Waals surface area contributed by atoms with Gasteiger partial charge in [0.05, 0.1) is 5.02 Å². The molecule has 4 aromatic rings. The SMILES string of the molecule is Fc1cc(-c2cccc3c2sc2ccccc23)ccc1Cl. The molecule has 0 aliphatic heterocycles. The van der Waals surface area contributed by atoms with Crippen molar-refractivity contribution >= 4 is 43.1 Å². The lowest BCUT2D eigenvalue weighted by Gasteiger charge is -2.04. The topological polar surface area (TPSA) is 0 Å². The molecule has 0 atom stereocenters. The van der Waals surface area contributed by atoms with Crippen molar-refractivity contribution in [3.63, 3.8) is 0 Å². The maximum Gasteiger partial charge on any atom is 0.142 e. The highest BCUT2D eigenvalue weighted by Crippen LogP contribution is 2.40. The van der Waals surface area contributed by atoms with Gasteiger partial charge in [-0.3, -0.25) is 0 Å². The number of hydrogen-bond acceptors (Lipinski definition) is 1. The molecule has 0 nitrogen and oxygen atoms in total. The third-order valence-electron chi connectivity index (χ3n) is 3.63. The summed E-state index contributed by atoms with van der Waals surface area (Å²) in [6.07, 6.45) is 0. The summed E-state index contributed by atoms with van der Waals surface area (Å²) in [5.74, 6) is -0.382. The van der Waals surface area contributed by atoms with Crippen molar-refractivity contribution in [3.8, 4) is 11.1 Å². The van der Waals surface area contributed by atoms with Gasteiger partial charge in [0, 0.05) is 20.2 Å². The van der Waals surface area contributed by atoms with Crippen LogP contribution in [0.25, 0.3) is 31.3 Å². The van der Waals surface area contributed by atoms with Crippen LogP contribution in [0.2, 0.25) is 5.02 Å². The molecule has 1 aromatic heterocycles. The van der Waals surface area contributed by atoms with E-state index in [1.54, 1.807) is 17.4 Å². The van der Waals surface area contributed by atoms with E-state index in [1.165, 1.54) is 26.2 Å². The van der Waals surface area contributed by atoms with Crippen molar-refractivity contribution in [2.24, 2.45) is 0 Å². The molecule has 0 bridgehead atoms. The lowest BCUT2D eigenvalue weighted by atomic mass is 10.0. The minimum atomic E-state index is -0.382. The van der Waals surface area contributed by atoms with Crippen molar-refractivity contribution < 1.29 is 4.39 Å². The predicted molar refractivity (Wildman–Crippen MR) is 89.7 cm³/mol. The first-order valence-electron chi connectivity index (χ1n) is 6.60. The van der Waals surface area contributed by atoms with Gasteiger partial charge >= 0.3 is 0 Å². The summed E-state index contributed by atoms with van der Waals surface area (Å²) in [5, 5.41) is 2.61. The maximum atomic E-state index is 13.7.